The second-order valence-electron chi connectivity index (χ2n) is 4.72. The lowest BCUT2D eigenvalue weighted by Crippen LogP contribution is -2.29. The Hall–Kier alpha value is -0.660. The Labute approximate surface area is 153 Å². The fourth-order valence-electron chi connectivity index (χ4n) is 2.37. The van der Waals surface area contributed by atoms with E-state index in [2.05, 4.69) is 31.9 Å². The first-order valence-corrected chi connectivity index (χ1v) is 8.25. The molecule has 0 heterocycles. The molecule has 0 amide bonds. The van der Waals surface area contributed by atoms with E-state index in [1.165, 1.54) is 0 Å². The van der Waals surface area contributed by atoms with E-state index < -0.39 is 68.7 Å². The van der Waals surface area contributed by atoms with Crippen LogP contribution in [0.3, 0.4) is 0 Å². The molecule has 0 atom stereocenters. The maximum Gasteiger partial charge on any atom is 0.417 e. The van der Waals surface area contributed by atoms with Gasteiger partial charge in [0.05, 0.1) is 22.3 Å². The normalized spacial score (nSPS) is 14.1. The predicted octanol–water partition coefficient (Wildman–Crippen LogP) is 7.55. The van der Waals surface area contributed by atoms with Crippen LogP contribution in [0.2, 0.25) is 0 Å². The first-order chi connectivity index (χ1) is 11.4. The van der Waals surface area contributed by atoms with Crippen molar-refractivity contribution in [3.05, 3.63) is 33.4 Å². The zero-order valence-electron chi connectivity index (χ0n) is 11.7. The highest BCUT2D eigenvalue weighted by Crippen LogP contribution is 2.53. The molecule has 0 saturated heterocycles. The Morgan fingerprint density at radius 3 is 0.654 bits per heavy atom. The Balaban J connectivity index is 4.46. The molecule has 1 rings (SSSR count). The standard InChI is InChI=1S/C12H4Br2F12/c13-1-3-5(9(15,16)17)7(11(21,22)23)4(2-14)8(12(24,25)26)6(3)10(18,19)20/h1-2H2. The lowest BCUT2D eigenvalue weighted by atomic mass is 9.86. The first-order valence-electron chi connectivity index (χ1n) is 6.01. The average molecular weight is 536 g/mol. The Morgan fingerprint density at radius 1 is 0.423 bits per heavy atom. The topological polar surface area (TPSA) is 0 Å². The van der Waals surface area contributed by atoms with Crippen molar-refractivity contribution in [1.82, 2.24) is 0 Å². The van der Waals surface area contributed by atoms with E-state index in [1.54, 1.807) is 0 Å². The number of halogens is 14. The van der Waals surface area contributed by atoms with Gasteiger partial charge in [-0.2, -0.15) is 52.7 Å². The van der Waals surface area contributed by atoms with Gasteiger partial charge in [0, 0.05) is 10.7 Å². The second-order valence-corrected chi connectivity index (χ2v) is 5.84. The number of benzene rings is 1. The quantitative estimate of drug-likeness (QED) is 0.271. The van der Waals surface area contributed by atoms with Gasteiger partial charge in [0.15, 0.2) is 0 Å². The maximum absolute atomic E-state index is 13.2. The summed E-state index contributed by atoms with van der Waals surface area (Å²) >= 11 is 4.29. The minimum atomic E-state index is -5.99. The molecule has 0 N–H and O–H groups in total. The van der Waals surface area contributed by atoms with E-state index in [1.807, 2.05) is 0 Å². The van der Waals surface area contributed by atoms with Crippen molar-refractivity contribution in [3.8, 4) is 0 Å². The smallest absolute Gasteiger partial charge is 0.166 e. The van der Waals surface area contributed by atoms with Gasteiger partial charge in [-0.15, -0.1) is 0 Å². The van der Waals surface area contributed by atoms with Crippen LogP contribution in [-0.2, 0) is 35.4 Å². The predicted molar refractivity (Wildman–Crippen MR) is 71.7 cm³/mol. The minimum absolute atomic E-state index is 1.54. The van der Waals surface area contributed by atoms with Crippen LogP contribution in [0.5, 0.6) is 0 Å². The van der Waals surface area contributed by atoms with E-state index in [4.69, 9.17) is 0 Å². The van der Waals surface area contributed by atoms with Gasteiger partial charge in [-0.25, -0.2) is 0 Å². The van der Waals surface area contributed by atoms with Crippen molar-refractivity contribution in [2.75, 3.05) is 0 Å². The monoisotopic (exact) mass is 534 g/mol. The number of hydrogen-bond donors (Lipinski definition) is 0. The van der Waals surface area contributed by atoms with Crippen LogP contribution in [0.1, 0.15) is 33.4 Å². The minimum Gasteiger partial charge on any atom is -0.166 e. The molecular weight excluding hydrogens is 532 g/mol. The molecule has 0 aromatic heterocycles. The van der Waals surface area contributed by atoms with Gasteiger partial charge in [-0.1, -0.05) is 31.9 Å². The van der Waals surface area contributed by atoms with Crippen LogP contribution in [-0.4, -0.2) is 0 Å². The Kier molecular flexibility index (Phi) is 6.35. The third kappa shape index (κ3) is 4.42. The van der Waals surface area contributed by atoms with Gasteiger partial charge in [-0.05, 0) is 11.1 Å². The van der Waals surface area contributed by atoms with Gasteiger partial charge in [-0.3, -0.25) is 0 Å². The van der Waals surface area contributed by atoms with Crippen molar-refractivity contribution in [2.24, 2.45) is 0 Å². The lowest BCUT2D eigenvalue weighted by molar-refractivity contribution is -0.172. The van der Waals surface area contributed by atoms with Gasteiger partial charge < -0.3 is 0 Å². The molecular formula is C12H4Br2F12. The highest BCUT2D eigenvalue weighted by molar-refractivity contribution is 9.08. The van der Waals surface area contributed by atoms with Crippen LogP contribution in [0.25, 0.3) is 0 Å². The summed E-state index contributed by atoms with van der Waals surface area (Å²) < 4.78 is 158. The summed E-state index contributed by atoms with van der Waals surface area (Å²) in [6.07, 6.45) is -24.0. The highest BCUT2D eigenvalue weighted by Gasteiger charge is 2.55. The van der Waals surface area contributed by atoms with Crippen molar-refractivity contribution in [3.63, 3.8) is 0 Å². The molecule has 0 aliphatic heterocycles. The summed E-state index contributed by atoms with van der Waals surface area (Å²) in [6, 6.07) is 0. The summed E-state index contributed by atoms with van der Waals surface area (Å²) in [5, 5.41) is -3.07. The number of rotatable bonds is 2. The molecule has 0 unspecified atom stereocenters. The summed E-state index contributed by atoms with van der Waals surface area (Å²) in [6.45, 7) is 0. The van der Waals surface area contributed by atoms with Crippen molar-refractivity contribution in [1.29, 1.82) is 0 Å². The molecule has 0 spiro atoms. The van der Waals surface area contributed by atoms with E-state index >= 15 is 0 Å². The molecule has 14 heteroatoms. The fourth-order valence-corrected chi connectivity index (χ4v) is 3.49. The zero-order valence-corrected chi connectivity index (χ0v) is 14.9. The van der Waals surface area contributed by atoms with Crippen LogP contribution in [0.4, 0.5) is 52.7 Å². The number of alkyl halides is 14. The molecule has 26 heavy (non-hydrogen) atoms. The van der Waals surface area contributed by atoms with Crippen molar-refractivity contribution in [2.45, 2.75) is 35.4 Å². The molecule has 0 bridgehead atoms. The SMILES string of the molecule is FC(F)(F)c1c(CBr)c(C(F)(F)F)c(C(F)(F)F)c(CBr)c1C(F)(F)F. The molecule has 0 aliphatic rings. The maximum atomic E-state index is 13.2. The molecule has 0 aliphatic carbocycles. The summed E-state index contributed by atoms with van der Waals surface area (Å²) in [5.74, 6) is 0. The third-order valence-corrected chi connectivity index (χ3v) is 4.23. The summed E-state index contributed by atoms with van der Waals surface area (Å²) in [4.78, 5) is 0. The van der Waals surface area contributed by atoms with Gasteiger partial charge in [0.25, 0.3) is 0 Å². The van der Waals surface area contributed by atoms with Crippen LogP contribution >= 0.6 is 31.9 Å². The van der Waals surface area contributed by atoms with Gasteiger partial charge in [0.1, 0.15) is 0 Å². The van der Waals surface area contributed by atoms with Gasteiger partial charge >= 0.3 is 24.7 Å². The van der Waals surface area contributed by atoms with Crippen LogP contribution in [0.15, 0.2) is 0 Å². The summed E-state index contributed by atoms with van der Waals surface area (Å²) in [5.41, 5.74) is -15.6. The molecule has 0 saturated carbocycles. The van der Waals surface area contributed by atoms with E-state index in [9.17, 15) is 52.7 Å². The Bertz CT molecular complexity index is 566. The third-order valence-electron chi connectivity index (χ3n) is 3.11. The molecule has 1 aromatic rings. The molecule has 150 valence electrons. The number of hydrogen-bond acceptors (Lipinski definition) is 0. The van der Waals surface area contributed by atoms with E-state index in [-0.39, 0.29) is 0 Å². The van der Waals surface area contributed by atoms with Crippen LogP contribution < -0.4 is 0 Å². The zero-order chi connectivity index (χ0) is 20.9. The van der Waals surface area contributed by atoms with Crippen LogP contribution in [0, 0.1) is 0 Å². The summed E-state index contributed by atoms with van der Waals surface area (Å²) in [7, 11) is 0. The molecule has 1 aromatic carbocycles. The lowest BCUT2D eigenvalue weighted by Gasteiger charge is -2.29. The second kappa shape index (κ2) is 7.06. The first kappa shape index (κ1) is 23.4. The molecule has 0 radical (unpaired) electrons. The highest BCUT2D eigenvalue weighted by atomic mass is 79.9. The van der Waals surface area contributed by atoms with E-state index in [0.29, 0.717) is 0 Å². The molecule has 0 fully saturated rings. The van der Waals surface area contributed by atoms with E-state index in [0.717, 1.165) is 0 Å². The van der Waals surface area contributed by atoms with Gasteiger partial charge in [0.2, 0.25) is 0 Å². The molecule has 0 nitrogen and oxygen atoms in total. The van der Waals surface area contributed by atoms with Crippen molar-refractivity contribution >= 4 is 31.9 Å². The fraction of sp³-hybridized carbons (Fsp3) is 0.500. The van der Waals surface area contributed by atoms with Crippen molar-refractivity contribution < 1.29 is 52.7 Å². The largest absolute Gasteiger partial charge is 0.417 e. The average Bonchev–Trinajstić information content (AvgIpc) is 2.39. The Morgan fingerprint density at radius 2 is 0.577 bits per heavy atom.